The summed E-state index contributed by atoms with van der Waals surface area (Å²) in [5, 5.41) is 11.7. The van der Waals surface area contributed by atoms with Crippen LogP contribution < -0.4 is 5.32 Å². The van der Waals surface area contributed by atoms with Crippen molar-refractivity contribution >= 4 is 17.6 Å². The standard InChI is InChI=1S/C14H16FNO4/c15-9-3-5-10(6-4-9)16-13(17)8-11(14(18)19)12-2-1-7-20-12/h3-6,11-12H,1-2,7-8H2,(H,16,17)(H,18,19)/t11-,12+/m1/s1. The molecule has 1 aromatic carbocycles. The van der Waals surface area contributed by atoms with Crippen molar-refractivity contribution in [3.63, 3.8) is 0 Å². The number of carboxylic acid groups (broad SMARTS) is 1. The fourth-order valence-corrected chi connectivity index (χ4v) is 2.24. The quantitative estimate of drug-likeness (QED) is 0.866. The van der Waals surface area contributed by atoms with E-state index in [1.165, 1.54) is 24.3 Å². The normalized spacial score (nSPS) is 19.6. The zero-order valence-electron chi connectivity index (χ0n) is 10.8. The SMILES string of the molecule is O=C(C[C@@H](C(=O)O)[C@@H]1CCCO1)Nc1ccc(F)cc1. The van der Waals surface area contributed by atoms with Crippen LogP contribution in [0.25, 0.3) is 0 Å². The molecule has 6 heteroatoms. The Balaban J connectivity index is 1.94. The number of halogens is 1. The number of hydrogen-bond acceptors (Lipinski definition) is 3. The maximum atomic E-state index is 12.7. The smallest absolute Gasteiger partial charge is 0.309 e. The molecule has 2 N–H and O–H groups in total. The van der Waals surface area contributed by atoms with Gasteiger partial charge in [0.25, 0.3) is 0 Å². The summed E-state index contributed by atoms with van der Waals surface area (Å²) in [5.74, 6) is -2.70. The molecule has 0 radical (unpaired) electrons. The van der Waals surface area contributed by atoms with Crippen LogP contribution in [0.2, 0.25) is 0 Å². The molecule has 0 aromatic heterocycles. The molecule has 2 atom stereocenters. The number of ether oxygens (including phenoxy) is 1. The fourth-order valence-electron chi connectivity index (χ4n) is 2.24. The van der Waals surface area contributed by atoms with Crippen molar-refractivity contribution < 1.29 is 23.8 Å². The van der Waals surface area contributed by atoms with Crippen molar-refractivity contribution in [2.45, 2.75) is 25.4 Å². The van der Waals surface area contributed by atoms with Crippen LogP contribution in [0, 0.1) is 11.7 Å². The Morgan fingerprint density at radius 1 is 1.40 bits per heavy atom. The van der Waals surface area contributed by atoms with E-state index in [2.05, 4.69) is 5.32 Å². The first kappa shape index (κ1) is 14.5. The molecular weight excluding hydrogens is 265 g/mol. The van der Waals surface area contributed by atoms with E-state index < -0.39 is 29.7 Å². The van der Waals surface area contributed by atoms with Crippen LogP contribution in [-0.2, 0) is 14.3 Å². The van der Waals surface area contributed by atoms with E-state index in [0.29, 0.717) is 18.7 Å². The number of aliphatic carboxylic acids is 1. The van der Waals surface area contributed by atoms with E-state index in [0.717, 1.165) is 6.42 Å². The summed E-state index contributed by atoms with van der Waals surface area (Å²) in [7, 11) is 0. The third kappa shape index (κ3) is 3.77. The summed E-state index contributed by atoms with van der Waals surface area (Å²) in [4.78, 5) is 23.1. The molecule has 1 saturated heterocycles. The first-order valence-corrected chi connectivity index (χ1v) is 6.46. The van der Waals surface area contributed by atoms with Gasteiger partial charge >= 0.3 is 5.97 Å². The zero-order chi connectivity index (χ0) is 14.5. The minimum atomic E-state index is -1.04. The largest absolute Gasteiger partial charge is 0.481 e. The number of benzene rings is 1. The minimum absolute atomic E-state index is 0.155. The van der Waals surface area contributed by atoms with Gasteiger partial charge < -0.3 is 15.2 Å². The molecule has 1 heterocycles. The Labute approximate surface area is 115 Å². The maximum Gasteiger partial charge on any atom is 0.309 e. The zero-order valence-corrected chi connectivity index (χ0v) is 10.8. The van der Waals surface area contributed by atoms with Crippen LogP contribution >= 0.6 is 0 Å². The Bertz CT molecular complexity index is 482. The van der Waals surface area contributed by atoms with E-state index in [1.807, 2.05) is 0 Å². The molecule has 5 nitrogen and oxygen atoms in total. The van der Waals surface area contributed by atoms with Crippen LogP contribution in [-0.4, -0.2) is 29.7 Å². The topological polar surface area (TPSA) is 75.6 Å². The van der Waals surface area contributed by atoms with Gasteiger partial charge in [0.05, 0.1) is 12.0 Å². The van der Waals surface area contributed by atoms with Gasteiger partial charge in [-0.3, -0.25) is 9.59 Å². The highest BCUT2D eigenvalue weighted by Gasteiger charge is 2.33. The van der Waals surface area contributed by atoms with Gasteiger partial charge in [-0.25, -0.2) is 4.39 Å². The monoisotopic (exact) mass is 281 g/mol. The second-order valence-electron chi connectivity index (χ2n) is 4.76. The molecule has 1 aromatic rings. The van der Waals surface area contributed by atoms with Crippen molar-refractivity contribution in [3.05, 3.63) is 30.1 Å². The predicted molar refractivity (Wildman–Crippen MR) is 69.7 cm³/mol. The molecule has 1 aliphatic rings. The molecule has 1 aliphatic heterocycles. The highest BCUT2D eigenvalue weighted by atomic mass is 19.1. The summed E-state index contributed by atoms with van der Waals surface area (Å²) in [5.41, 5.74) is 0.438. The number of carbonyl (C=O) groups is 2. The Morgan fingerprint density at radius 3 is 2.65 bits per heavy atom. The lowest BCUT2D eigenvalue weighted by atomic mass is 9.96. The van der Waals surface area contributed by atoms with Crippen molar-refractivity contribution in [1.82, 2.24) is 0 Å². The highest BCUT2D eigenvalue weighted by Crippen LogP contribution is 2.24. The third-order valence-corrected chi connectivity index (χ3v) is 3.26. The Morgan fingerprint density at radius 2 is 2.10 bits per heavy atom. The Kier molecular flexibility index (Phi) is 4.68. The second kappa shape index (κ2) is 6.47. The minimum Gasteiger partial charge on any atom is -0.481 e. The number of hydrogen-bond donors (Lipinski definition) is 2. The average Bonchev–Trinajstić information content (AvgIpc) is 2.92. The highest BCUT2D eigenvalue weighted by molar-refractivity contribution is 5.93. The van der Waals surface area contributed by atoms with Gasteiger partial charge in [-0.2, -0.15) is 0 Å². The van der Waals surface area contributed by atoms with E-state index in [4.69, 9.17) is 4.74 Å². The molecule has 0 unspecified atom stereocenters. The molecule has 108 valence electrons. The van der Waals surface area contributed by atoms with Crippen LogP contribution in [0.15, 0.2) is 24.3 Å². The van der Waals surface area contributed by atoms with Crippen molar-refractivity contribution in [2.24, 2.45) is 5.92 Å². The van der Waals surface area contributed by atoms with Crippen LogP contribution in [0.3, 0.4) is 0 Å². The molecule has 20 heavy (non-hydrogen) atoms. The molecule has 1 amide bonds. The molecule has 0 spiro atoms. The maximum absolute atomic E-state index is 12.7. The van der Waals surface area contributed by atoms with Gasteiger partial charge in [-0.1, -0.05) is 0 Å². The van der Waals surface area contributed by atoms with Gasteiger partial charge in [0.2, 0.25) is 5.91 Å². The average molecular weight is 281 g/mol. The molecule has 0 bridgehead atoms. The van der Waals surface area contributed by atoms with Crippen molar-refractivity contribution in [3.8, 4) is 0 Å². The lowest BCUT2D eigenvalue weighted by Gasteiger charge is -2.18. The lowest BCUT2D eigenvalue weighted by Crippen LogP contribution is -2.31. The number of rotatable bonds is 5. The summed E-state index contributed by atoms with van der Waals surface area (Å²) in [6.07, 6.45) is 0.901. The molecule has 0 saturated carbocycles. The molecule has 0 aliphatic carbocycles. The number of nitrogens with one attached hydrogen (secondary N) is 1. The van der Waals surface area contributed by atoms with Gasteiger partial charge in [0.15, 0.2) is 0 Å². The number of carboxylic acids is 1. The summed E-state index contributed by atoms with van der Waals surface area (Å²) in [6, 6.07) is 5.30. The van der Waals surface area contributed by atoms with Gasteiger partial charge in [-0.15, -0.1) is 0 Å². The second-order valence-corrected chi connectivity index (χ2v) is 4.76. The van der Waals surface area contributed by atoms with Crippen molar-refractivity contribution in [2.75, 3.05) is 11.9 Å². The van der Waals surface area contributed by atoms with E-state index in [9.17, 15) is 19.1 Å². The Hall–Kier alpha value is -1.95. The van der Waals surface area contributed by atoms with Gasteiger partial charge in [0.1, 0.15) is 5.82 Å². The number of carbonyl (C=O) groups excluding carboxylic acids is 1. The van der Waals surface area contributed by atoms with Crippen molar-refractivity contribution in [1.29, 1.82) is 0 Å². The third-order valence-electron chi connectivity index (χ3n) is 3.26. The molecule has 1 fully saturated rings. The summed E-state index contributed by atoms with van der Waals surface area (Å²) >= 11 is 0. The van der Waals surface area contributed by atoms with E-state index in [1.54, 1.807) is 0 Å². The first-order chi connectivity index (χ1) is 9.56. The van der Waals surface area contributed by atoms with Gasteiger partial charge in [-0.05, 0) is 37.1 Å². The lowest BCUT2D eigenvalue weighted by molar-refractivity contribution is -0.148. The molecular formula is C14H16FNO4. The first-order valence-electron chi connectivity index (χ1n) is 6.46. The van der Waals surface area contributed by atoms with Crippen LogP contribution in [0.5, 0.6) is 0 Å². The summed E-state index contributed by atoms with van der Waals surface area (Å²) in [6.45, 7) is 0.536. The van der Waals surface area contributed by atoms with E-state index >= 15 is 0 Å². The van der Waals surface area contributed by atoms with Crippen LogP contribution in [0.1, 0.15) is 19.3 Å². The fraction of sp³-hybridized carbons (Fsp3) is 0.429. The number of anilines is 1. The number of amides is 1. The van der Waals surface area contributed by atoms with E-state index in [-0.39, 0.29) is 6.42 Å². The van der Waals surface area contributed by atoms with Gasteiger partial charge in [0, 0.05) is 18.7 Å². The summed E-state index contributed by atoms with van der Waals surface area (Å²) < 4.78 is 18.1. The predicted octanol–water partition coefficient (Wildman–Crippen LogP) is 2.03. The van der Waals surface area contributed by atoms with Crippen LogP contribution in [0.4, 0.5) is 10.1 Å². The molecule has 2 rings (SSSR count).